The van der Waals surface area contributed by atoms with E-state index in [2.05, 4.69) is 0 Å². The standard InChI is InChI=1S/C9H14O2/c1-7(11-2)8-5-3-4-6-9(8)10/h3-6H2,1-2H3/b8-7+. The second-order valence-electron chi connectivity index (χ2n) is 2.87. The summed E-state index contributed by atoms with van der Waals surface area (Å²) in [5.41, 5.74) is 0.902. The van der Waals surface area contributed by atoms with E-state index in [0.717, 1.165) is 30.6 Å². The largest absolute Gasteiger partial charge is 0.501 e. The van der Waals surface area contributed by atoms with Gasteiger partial charge in [0.25, 0.3) is 0 Å². The van der Waals surface area contributed by atoms with E-state index < -0.39 is 0 Å². The van der Waals surface area contributed by atoms with Gasteiger partial charge in [-0.25, -0.2) is 0 Å². The first-order chi connectivity index (χ1) is 5.25. The van der Waals surface area contributed by atoms with Gasteiger partial charge in [-0.1, -0.05) is 0 Å². The van der Waals surface area contributed by atoms with Crippen LogP contribution >= 0.6 is 0 Å². The van der Waals surface area contributed by atoms with Crippen molar-refractivity contribution in [1.29, 1.82) is 0 Å². The topological polar surface area (TPSA) is 26.3 Å². The van der Waals surface area contributed by atoms with Gasteiger partial charge in [0.15, 0.2) is 5.78 Å². The van der Waals surface area contributed by atoms with Crippen molar-refractivity contribution in [3.05, 3.63) is 11.3 Å². The quantitative estimate of drug-likeness (QED) is 0.427. The van der Waals surface area contributed by atoms with E-state index in [4.69, 9.17) is 4.74 Å². The molecule has 2 heteroatoms. The molecule has 0 unspecified atom stereocenters. The number of rotatable bonds is 1. The molecule has 0 saturated heterocycles. The van der Waals surface area contributed by atoms with Crippen LogP contribution in [0.4, 0.5) is 0 Å². The molecule has 1 rings (SSSR count). The SMILES string of the molecule is CO/C(C)=C1\CCCCC1=O. The van der Waals surface area contributed by atoms with Crippen LogP contribution in [0.2, 0.25) is 0 Å². The van der Waals surface area contributed by atoms with E-state index in [1.54, 1.807) is 7.11 Å². The molecule has 0 amide bonds. The van der Waals surface area contributed by atoms with E-state index in [0.29, 0.717) is 6.42 Å². The third kappa shape index (κ3) is 1.82. The summed E-state index contributed by atoms with van der Waals surface area (Å²) in [6, 6.07) is 0. The Kier molecular flexibility index (Phi) is 2.69. The Morgan fingerprint density at radius 2 is 2.00 bits per heavy atom. The van der Waals surface area contributed by atoms with Crippen LogP contribution in [0, 0.1) is 0 Å². The van der Waals surface area contributed by atoms with Gasteiger partial charge >= 0.3 is 0 Å². The summed E-state index contributed by atoms with van der Waals surface area (Å²) in [5, 5.41) is 0. The third-order valence-electron chi connectivity index (χ3n) is 2.15. The van der Waals surface area contributed by atoms with Crippen LogP contribution in [-0.4, -0.2) is 12.9 Å². The lowest BCUT2D eigenvalue weighted by Gasteiger charge is -2.14. The highest BCUT2D eigenvalue weighted by molar-refractivity contribution is 5.96. The monoisotopic (exact) mass is 154 g/mol. The van der Waals surface area contributed by atoms with Crippen LogP contribution in [0.3, 0.4) is 0 Å². The van der Waals surface area contributed by atoms with Gasteiger partial charge in [-0.15, -0.1) is 0 Å². The van der Waals surface area contributed by atoms with Crippen molar-refractivity contribution in [2.45, 2.75) is 32.6 Å². The first kappa shape index (κ1) is 8.31. The zero-order valence-corrected chi connectivity index (χ0v) is 7.14. The minimum Gasteiger partial charge on any atom is -0.501 e. The Morgan fingerprint density at radius 3 is 2.55 bits per heavy atom. The lowest BCUT2D eigenvalue weighted by molar-refractivity contribution is -0.116. The van der Waals surface area contributed by atoms with Crippen molar-refractivity contribution in [1.82, 2.24) is 0 Å². The minimum atomic E-state index is 0.274. The van der Waals surface area contributed by atoms with Crippen molar-refractivity contribution >= 4 is 5.78 Å². The van der Waals surface area contributed by atoms with Gasteiger partial charge in [0, 0.05) is 12.0 Å². The van der Waals surface area contributed by atoms with Crippen LogP contribution in [0.1, 0.15) is 32.6 Å². The molecule has 0 aromatic rings. The number of allylic oxidation sites excluding steroid dienone is 2. The van der Waals surface area contributed by atoms with Gasteiger partial charge < -0.3 is 4.74 Å². The molecule has 1 aliphatic carbocycles. The minimum absolute atomic E-state index is 0.274. The van der Waals surface area contributed by atoms with Crippen molar-refractivity contribution in [3.63, 3.8) is 0 Å². The highest BCUT2D eigenvalue weighted by Crippen LogP contribution is 2.22. The zero-order chi connectivity index (χ0) is 8.27. The maximum absolute atomic E-state index is 11.3. The summed E-state index contributed by atoms with van der Waals surface area (Å²) in [7, 11) is 1.62. The van der Waals surface area contributed by atoms with E-state index in [9.17, 15) is 4.79 Å². The fourth-order valence-corrected chi connectivity index (χ4v) is 1.37. The predicted molar refractivity (Wildman–Crippen MR) is 43.2 cm³/mol. The van der Waals surface area contributed by atoms with Gasteiger partial charge in [-0.05, 0) is 26.2 Å². The van der Waals surface area contributed by atoms with Crippen LogP contribution in [0.5, 0.6) is 0 Å². The Bertz CT molecular complexity index is 192. The summed E-state index contributed by atoms with van der Waals surface area (Å²) in [6.45, 7) is 1.86. The second kappa shape index (κ2) is 3.56. The van der Waals surface area contributed by atoms with Crippen LogP contribution < -0.4 is 0 Å². The molecule has 0 N–H and O–H groups in total. The number of hydrogen-bond donors (Lipinski definition) is 0. The van der Waals surface area contributed by atoms with Gasteiger partial charge in [0.2, 0.25) is 0 Å². The molecule has 0 aromatic heterocycles. The predicted octanol–water partition coefficient (Wildman–Crippen LogP) is 2.05. The van der Waals surface area contributed by atoms with Gasteiger partial charge in [0.05, 0.1) is 12.9 Å². The van der Waals surface area contributed by atoms with E-state index >= 15 is 0 Å². The summed E-state index contributed by atoms with van der Waals surface area (Å²) >= 11 is 0. The summed E-state index contributed by atoms with van der Waals surface area (Å²) in [5.74, 6) is 1.07. The van der Waals surface area contributed by atoms with Crippen molar-refractivity contribution in [2.75, 3.05) is 7.11 Å². The number of carbonyl (C=O) groups excluding carboxylic acids is 1. The Balaban J connectivity index is 2.75. The molecule has 2 nitrogen and oxygen atoms in total. The smallest absolute Gasteiger partial charge is 0.162 e. The molecule has 0 spiro atoms. The average Bonchev–Trinajstić information content (AvgIpc) is 2.04. The number of ether oxygens (including phenoxy) is 1. The van der Waals surface area contributed by atoms with Crippen LogP contribution in [0.25, 0.3) is 0 Å². The highest BCUT2D eigenvalue weighted by atomic mass is 16.5. The molecule has 0 atom stereocenters. The van der Waals surface area contributed by atoms with E-state index in [1.165, 1.54) is 0 Å². The first-order valence-electron chi connectivity index (χ1n) is 4.02. The average molecular weight is 154 g/mol. The fraction of sp³-hybridized carbons (Fsp3) is 0.667. The molecule has 0 radical (unpaired) electrons. The number of carbonyl (C=O) groups is 1. The molecule has 11 heavy (non-hydrogen) atoms. The van der Waals surface area contributed by atoms with Crippen molar-refractivity contribution in [3.8, 4) is 0 Å². The van der Waals surface area contributed by atoms with Gasteiger partial charge in [-0.2, -0.15) is 0 Å². The van der Waals surface area contributed by atoms with E-state index in [1.807, 2.05) is 6.92 Å². The Labute approximate surface area is 67.2 Å². The van der Waals surface area contributed by atoms with E-state index in [-0.39, 0.29) is 5.78 Å². The maximum atomic E-state index is 11.3. The number of hydrogen-bond acceptors (Lipinski definition) is 2. The number of methoxy groups -OCH3 is 1. The molecule has 0 aromatic carbocycles. The third-order valence-corrected chi connectivity index (χ3v) is 2.15. The number of ketones is 1. The Morgan fingerprint density at radius 1 is 1.36 bits per heavy atom. The molecule has 1 fully saturated rings. The first-order valence-corrected chi connectivity index (χ1v) is 4.02. The molecule has 0 aliphatic heterocycles. The lowest BCUT2D eigenvalue weighted by atomic mass is 9.93. The maximum Gasteiger partial charge on any atom is 0.162 e. The fourth-order valence-electron chi connectivity index (χ4n) is 1.37. The molecule has 62 valence electrons. The summed E-state index contributed by atoms with van der Waals surface area (Å²) in [4.78, 5) is 11.3. The van der Waals surface area contributed by atoms with Crippen molar-refractivity contribution in [2.24, 2.45) is 0 Å². The van der Waals surface area contributed by atoms with Gasteiger partial charge in [-0.3, -0.25) is 4.79 Å². The molecule has 1 saturated carbocycles. The zero-order valence-electron chi connectivity index (χ0n) is 7.14. The van der Waals surface area contributed by atoms with Gasteiger partial charge in [0.1, 0.15) is 0 Å². The molecular formula is C9H14O2. The second-order valence-corrected chi connectivity index (χ2v) is 2.87. The molecule has 1 aliphatic rings. The Hall–Kier alpha value is -0.790. The molecular weight excluding hydrogens is 140 g/mol. The summed E-state index contributed by atoms with van der Waals surface area (Å²) < 4.78 is 5.02. The van der Waals surface area contributed by atoms with Crippen LogP contribution in [0.15, 0.2) is 11.3 Å². The number of Topliss-reactive ketones (excluding diaryl/α,β-unsaturated/α-hetero) is 1. The lowest BCUT2D eigenvalue weighted by Crippen LogP contribution is -2.10. The normalized spacial score (nSPS) is 23.3. The highest BCUT2D eigenvalue weighted by Gasteiger charge is 2.17. The van der Waals surface area contributed by atoms with Crippen LogP contribution in [-0.2, 0) is 9.53 Å². The van der Waals surface area contributed by atoms with Crippen molar-refractivity contribution < 1.29 is 9.53 Å². The molecule has 0 bridgehead atoms. The summed E-state index contributed by atoms with van der Waals surface area (Å²) in [6.07, 6.45) is 3.77. The molecule has 0 heterocycles.